The standard InChI is InChI=1S/C42H54N4O8/c1-7-10-11-12-13-22-34(43-39(50)54-41(4,5)6)37(48)46-24-23-45(26-35(46)36(47)44-42(25-28(42)8-2)38(49)52-9-3)40(51)53-27-33-31-20-16-14-18-29(31)30-19-15-17-21-32(30)33/h7-8,14-21,28,33-35H,1-2,9-13,22-27H2,3-6H3,(H,43,50)(H,44,47)/t28?,34-,35?,42+/m0/s1. The lowest BCUT2D eigenvalue weighted by molar-refractivity contribution is -0.151. The van der Waals surface area contributed by atoms with Crippen molar-refractivity contribution in [2.24, 2.45) is 5.92 Å². The molecule has 12 heteroatoms. The molecule has 2 unspecified atom stereocenters. The number of alkyl carbamates (subject to hydrolysis) is 1. The van der Waals surface area contributed by atoms with Gasteiger partial charge >= 0.3 is 18.2 Å². The zero-order valence-corrected chi connectivity index (χ0v) is 31.9. The first-order chi connectivity index (χ1) is 25.8. The maximum Gasteiger partial charge on any atom is 0.409 e. The molecular formula is C42H54N4O8. The van der Waals surface area contributed by atoms with E-state index < -0.39 is 53.2 Å². The van der Waals surface area contributed by atoms with Gasteiger partial charge in [-0.25, -0.2) is 14.4 Å². The second-order valence-corrected chi connectivity index (χ2v) is 15.2. The number of ether oxygens (including phenoxy) is 3. The van der Waals surface area contributed by atoms with Gasteiger partial charge in [0.05, 0.1) is 13.2 Å². The number of nitrogens with zero attached hydrogens (tertiary/aromatic N) is 2. The molecule has 4 amide bonds. The lowest BCUT2D eigenvalue weighted by atomic mass is 9.98. The number of nitrogens with one attached hydrogen (secondary N) is 2. The molecule has 2 aliphatic carbocycles. The molecule has 0 spiro atoms. The predicted molar refractivity (Wildman–Crippen MR) is 204 cm³/mol. The summed E-state index contributed by atoms with van der Waals surface area (Å²) in [6.45, 7) is 14.5. The van der Waals surface area contributed by atoms with Crippen molar-refractivity contribution in [3.8, 4) is 11.1 Å². The molecule has 5 rings (SSSR count). The van der Waals surface area contributed by atoms with Crippen LogP contribution >= 0.6 is 0 Å². The summed E-state index contributed by atoms with van der Waals surface area (Å²) >= 11 is 0. The highest BCUT2D eigenvalue weighted by Gasteiger charge is 2.62. The lowest BCUT2D eigenvalue weighted by Gasteiger charge is -2.42. The molecule has 290 valence electrons. The van der Waals surface area contributed by atoms with Crippen LogP contribution < -0.4 is 10.6 Å². The summed E-state index contributed by atoms with van der Waals surface area (Å²) in [4.78, 5) is 71.3. The van der Waals surface area contributed by atoms with Gasteiger partial charge in [0.25, 0.3) is 0 Å². The van der Waals surface area contributed by atoms with Crippen molar-refractivity contribution in [3.63, 3.8) is 0 Å². The number of piperazine rings is 1. The molecule has 2 aromatic carbocycles. The third kappa shape index (κ3) is 9.14. The molecule has 1 saturated heterocycles. The van der Waals surface area contributed by atoms with E-state index in [1.165, 1.54) is 9.80 Å². The van der Waals surface area contributed by atoms with E-state index in [1.807, 2.05) is 42.5 Å². The van der Waals surface area contributed by atoms with Crippen LogP contribution in [0.2, 0.25) is 0 Å². The molecule has 1 saturated carbocycles. The smallest absolute Gasteiger partial charge is 0.409 e. The minimum Gasteiger partial charge on any atom is -0.464 e. The Labute approximate surface area is 318 Å². The zero-order valence-electron chi connectivity index (χ0n) is 31.9. The van der Waals surface area contributed by atoms with E-state index in [0.29, 0.717) is 19.3 Å². The molecule has 2 N–H and O–H groups in total. The first-order valence-electron chi connectivity index (χ1n) is 19.0. The summed E-state index contributed by atoms with van der Waals surface area (Å²) in [5, 5.41) is 5.60. The lowest BCUT2D eigenvalue weighted by Crippen LogP contribution is -2.65. The predicted octanol–water partition coefficient (Wildman–Crippen LogP) is 6.10. The summed E-state index contributed by atoms with van der Waals surface area (Å²) in [6.07, 6.45) is 5.79. The van der Waals surface area contributed by atoms with Crippen LogP contribution in [0.1, 0.15) is 83.3 Å². The van der Waals surface area contributed by atoms with E-state index >= 15 is 0 Å². The quantitative estimate of drug-likeness (QED) is 0.0965. The number of carbonyl (C=O) groups excluding carboxylic acids is 5. The highest BCUT2D eigenvalue weighted by Crippen LogP contribution is 2.46. The van der Waals surface area contributed by atoms with Gasteiger partial charge in [-0.3, -0.25) is 9.59 Å². The second-order valence-electron chi connectivity index (χ2n) is 15.2. The van der Waals surface area contributed by atoms with Gasteiger partial charge in [0.2, 0.25) is 11.8 Å². The van der Waals surface area contributed by atoms with Crippen molar-refractivity contribution < 1.29 is 38.2 Å². The van der Waals surface area contributed by atoms with Crippen LogP contribution in [-0.4, -0.2) is 95.8 Å². The summed E-state index contributed by atoms with van der Waals surface area (Å²) in [7, 11) is 0. The molecule has 0 aromatic heterocycles. The van der Waals surface area contributed by atoms with Crippen LogP contribution in [-0.2, 0) is 28.6 Å². The first kappa shape index (κ1) is 40.1. The average Bonchev–Trinajstić information content (AvgIpc) is 3.78. The van der Waals surface area contributed by atoms with Crippen LogP contribution in [0, 0.1) is 5.92 Å². The molecule has 1 heterocycles. The summed E-state index contributed by atoms with van der Waals surface area (Å²) in [6, 6.07) is 13.9. The van der Waals surface area contributed by atoms with Gasteiger partial charge in [0.15, 0.2) is 0 Å². The number of benzene rings is 2. The van der Waals surface area contributed by atoms with E-state index in [2.05, 4.69) is 35.9 Å². The summed E-state index contributed by atoms with van der Waals surface area (Å²) in [5.74, 6) is -2.22. The van der Waals surface area contributed by atoms with Gasteiger partial charge in [-0.15, -0.1) is 13.2 Å². The summed E-state index contributed by atoms with van der Waals surface area (Å²) < 4.78 is 16.7. The fourth-order valence-corrected chi connectivity index (χ4v) is 7.41. The Hall–Kier alpha value is -5.13. The molecule has 3 aliphatic rings. The normalized spacial score (nSPS) is 20.8. The van der Waals surface area contributed by atoms with Crippen LogP contribution in [0.25, 0.3) is 11.1 Å². The second kappa shape index (κ2) is 17.3. The van der Waals surface area contributed by atoms with Crippen molar-refractivity contribution in [1.82, 2.24) is 20.4 Å². The molecule has 2 aromatic rings. The molecule has 1 aliphatic heterocycles. The third-order valence-electron chi connectivity index (χ3n) is 10.2. The van der Waals surface area contributed by atoms with Gasteiger partial charge in [-0.05, 0) is 75.6 Å². The Morgan fingerprint density at radius 3 is 2.20 bits per heavy atom. The van der Waals surface area contributed by atoms with E-state index in [9.17, 15) is 24.0 Å². The fraction of sp³-hybridized carbons (Fsp3) is 0.500. The van der Waals surface area contributed by atoms with E-state index in [4.69, 9.17) is 14.2 Å². The maximum absolute atomic E-state index is 14.4. The molecule has 0 bridgehead atoms. The molecular weight excluding hydrogens is 688 g/mol. The Bertz CT molecular complexity index is 1690. The third-order valence-corrected chi connectivity index (χ3v) is 10.2. The minimum absolute atomic E-state index is 0.0125. The van der Waals surface area contributed by atoms with Crippen molar-refractivity contribution in [2.75, 3.05) is 32.8 Å². The van der Waals surface area contributed by atoms with Gasteiger partial charge in [0.1, 0.15) is 29.8 Å². The Morgan fingerprint density at radius 1 is 0.944 bits per heavy atom. The number of amides is 4. The van der Waals surface area contributed by atoms with Gasteiger partial charge in [0, 0.05) is 24.9 Å². The van der Waals surface area contributed by atoms with Crippen LogP contribution in [0.4, 0.5) is 9.59 Å². The van der Waals surface area contributed by atoms with Crippen molar-refractivity contribution >= 4 is 30.0 Å². The molecule has 2 fully saturated rings. The van der Waals surface area contributed by atoms with E-state index in [0.717, 1.165) is 41.5 Å². The fourth-order valence-electron chi connectivity index (χ4n) is 7.41. The number of rotatable bonds is 15. The Kier molecular flexibility index (Phi) is 12.9. The monoisotopic (exact) mass is 742 g/mol. The highest BCUT2D eigenvalue weighted by molar-refractivity contribution is 5.96. The minimum atomic E-state index is -1.32. The van der Waals surface area contributed by atoms with Gasteiger partial charge < -0.3 is 34.6 Å². The topological polar surface area (TPSA) is 144 Å². The number of hydrogen-bond donors (Lipinski definition) is 2. The number of unbranched alkanes of at least 4 members (excludes halogenated alkanes) is 3. The SMILES string of the molecule is C=CCCCCC[C@H](NC(=O)OC(C)(C)C)C(=O)N1CCN(C(=O)OCC2c3ccccc3-c3ccccc32)CC1C(=O)N[C@]1(C(=O)OCC)CC1C=C. The number of allylic oxidation sites excluding steroid dienone is 1. The maximum atomic E-state index is 14.4. The van der Waals surface area contributed by atoms with Crippen molar-refractivity contribution in [2.45, 2.75) is 95.4 Å². The number of esters is 1. The Balaban J connectivity index is 1.36. The average molecular weight is 743 g/mol. The first-order valence-corrected chi connectivity index (χ1v) is 19.0. The largest absolute Gasteiger partial charge is 0.464 e. The Morgan fingerprint density at radius 2 is 1.61 bits per heavy atom. The van der Waals surface area contributed by atoms with Crippen LogP contribution in [0.5, 0.6) is 0 Å². The van der Waals surface area contributed by atoms with Crippen molar-refractivity contribution in [1.29, 1.82) is 0 Å². The van der Waals surface area contributed by atoms with Crippen LogP contribution in [0.15, 0.2) is 73.8 Å². The molecule has 0 radical (unpaired) electrons. The van der Waals surface area contributed by atoms with Crippen molar-refractivity contribution in [3.05, 3.63) is 85.0 Å². The van der Waals surface area contributed by atoms with Crippen LogP contribution in [0.3, 0.4) is 0 Å². The molecule has 4 atom stereocenters. The number of carbonyl (C=O) groups is 5. The van der Waals surface area contributed by atoms with Gasteiger partial charge in [-0.1, -0.05) is 73.5 Å². The van der Waals surface area contributed by atoms with E-state index in [-0.39, 0.29) is 44.7 Å². The molecule has 12 nitrogen and oxygen atoms in total. The number of hydrogen-bond acceptors (Lipinski definition) is 8. The van der Waals surface area contributed by atoms with Gasteiger partial charge in [-0.2, -0.15) is 0 Å². The summed E-state index contributed by atoms with van der Waals surface area (Å²) in [5.41, 5.74) is 2.21. The number of fused-ring (bicyclic) bond motifs is 3. The highest BCUT2D eigenvalue weighted by atomic mass is 16.6. The van der Waals surface area contributed by atoms with E-state index in [1.54, 1.807) is 33.8 Å². The zero-order chi connectivity index (χ0) is 39.0. The molecule has 54 heavy (non-hydrogen) atoms.